The Morgan fingerprint density at radius 3 is 2.72 bits per heavy atom. The van der Waals surface area contributed by atoms with Gasteiger partial charge in [-0.2, -0.15) is 4.57 Å². The van der Waals surface area contributed by atoms with Gasteiger partial charge in [-0.1, -0.05) is 29.5 Å². The van der Waals surface area contributed by atoms with Gasteiger partial charge >= 0.3 is 0 Å². The van der Waals surface area contributed by atoms with Crippen LogP contribution in [-0.4, -0.2) is 14.5 Å². The second-order valence-corrected chi connectivity index (χ2v) is 7.27. The van der Waals surface area contributed by atoms with Crippen LogP contribution in [0.25, 0.3) is 37.5 Å². The lowest BCUT2D eigenvalue weighted by Gasteiger charge is -2.01. The summed E-state index contributed by atoms with van der Waals surface area (Å²) in [4.78, 5) is 10.0. The molecule has 0 bridgehead atoms. The lowest BCUT2D eigenvalue weighted by molar-refractivity contribution is -0.643. The summed E-state index contributed by atoms with van der Waals surface area (Å²) >= 11 is 1.83. The van der Waals surface area contributed by atoms with E-state index < -0.39 is 0 Å². The lowest BCUT2D eigenvalue weighted by Crippen LogP contribution is -2.30. The van der Waals surface area contributed by atoms with E-state index in [1.165, 1.54) is 43.1 Å². The molecule has 0 aliphatic carbocycles. The van der Waals surface area contributed by atoms with E-state index in [-0.39, 0.29) is 0 Å². The van der Waals surface area contributed by atoms with Crippen LogP contribution in [0.1, 0.15) is 5.56 Å². The summed E-state index contributed by atoms with van der Waals surface area (Å²) in [7, 11) is 0. The number of pyridine rings is 2. The molecule has 0 amide bonds. The van der Waals surface area contributed by atoms with Gasteiger partial charge < -0.3 is 0 Å². The zero-order chi connectivity index (χ0) is 16.4. The van der Waals surface area contributed by atoms with Crippen LogP contribution >= 0.6 is 11.3 Å². The first kappa shape index (κ1) is 13.3. The largest absolute Gasteiger partial charge is 0.298 e. The summed E-state index contributed by atoms with van der Waals surface area (Å²) in [6.45, 7) is 0.893. The maximum absolute atomic E-state index is 4.37. The van der Waals surface area contributed by atoms with Gasteiger partial charge in [0.25, 0.3) is 5.82 Å². The van der Waals surface area contributed by atoms with Crippen molar-refractivity contribution in [1.29, 1.82) is 0 Å². The maximum Gasteiger partial charge on any atom is 0.298 e. The number of fused-ring (bicyclic) bond motifs is 7. The van der Waals surface area contributed by atoms with E-state index in [2.05, 4.69) is 61.6 Å². The first-order valence-electron chi connectivity index (χ1n) is 8.21. The van der Waals surface area contributed by atoms with Crippen LogP contribution in [0.2, 0.25) is 0 Å². The van der Waals surface area contributed by atoms with Gasteiger partial charge in [0, 0.05) is 35.1 Å². The molecule has 25 heavy (non-hydrogen) atoms. The van der Waals surface area contributed by atoms with Crippen LogP contribution in [-0.2, 0) is 6.54 Å². The minimum atomic E-state index is 0.893. The fourth-order valence-electron chi connectivity index (χ4n) is 3.81. The van der Waals surface area contributed by atoms with Gasteiger partial charge in [-0.3, -0.25) is 9.97 Å². The Morgan fingerprint density at radius 1 is 0.960 bits per heavy atom. The number of imidazole rings is 1. The summed E-state index contributed by atoms with van der Waals surface area (Å²) in [6.07, 6.45) is 7.71. The fourth-order valence-corrected chi connectivity index (χ4v) is 4.97. The SMILES string of the molecule is c1ccc(-n2c3[n+](c4sc5ccncc5c42)Cc2ccncc2-3)cc1. The van der Waals surface area contributed by atoms with Crippen LogP contribution < -0.4 is 4.57 Å². The highest BCUT2D eigenvalue weighted by atomic mass is 32.1. The molecule has 1 aliphatic heterocycles. The van der Waals surface area contributed by atoms with Gasteiger partial charge in [-0.05, 0) is 24.3 Å². The van der Waals surface area contributed by atoms with Crippen molar-refractivity contribution in [3.63, 3.8) is 0 Å². The van der Waals surface area contributed by atoms with Crippen LogP contribution in [0.3, 0.4) is 0 Å². The van der Waals surface area contributed by atoms with Gasteiger partial charge in [0.2, 0.25) is 10.3 Å². The number of aromatic nitrogens is 4. The van der Waals surface area contributed by atoms with Crippen molar-refractivity contribution in [2.45, 2.75) is 6.54 Å². The third-order valence-electron chi connectivity index (χ3n) is 4.88. The molecule has 4 nitrogen and oxygen atoms in total. The van der Waals surface area contributed by atoms with Gasteiger partial charge in [0.1, 0.15) is 12.2 Å². The summed E-state index contributed by atoms with van der Waals surface area (Å²) in [5.41, 5.74) is 4.95. The van der Waals surface area contributed by atoms with E-state index in [9.17, 15) is 0 Å². The van der Waals surface area contributed by atoms with Crippen LogP contribution in [0.15, 0.2) is 67.3 Å². The molecule has 0 radical (unpaired) electrons. The normalized spacial score (nSPS) is 12.6. The molecule has 0 N–H and O–H groups in total. The molecule has 5 heterocycles. The summed E-state index contributed by atoms with van der Waals surface area (Å²) in [6, 6.07) is 14.8. The van der Waals surface area contributed by atoms with Gasteiger partial charge in [-0.25, -0.2) is 4.57 Å². The van der Waals surface area contributed by atoms with E-state index in [0.29, 0.717) is 0 Å². The van der Waals surface area contributed by atoms with E-state index in [1.807, 2.05) is 36.1 Å². The monoisotopic (exact) mass is 341 g/mol. The molecule has 5 heteroatoms. The highest BCUT2D eigenvalue weighted by Crippen LogP contribution is 2.39. The molecule has 0 spiro atoms. The predicted molar refractivity (Wildman–Crippen MR) is 99.0 cm³/mol. The van der Waals surface area contributed by atoms with E-state index >= 15 is 0 Å². The zero-order valence-corrected chi connectivity index (χ0v) is 14.1. The Balaban J connectivity index is 1.84. The van der Waals surface area contributed by atoms with Gasteiger partial charge in [0.15, 0.2) is 0 Å². The number of rotatable bonds is 1. The Kier molecular flexibility index (Phi) is 2.51. The van der Waals surface area contributed by atoms with Gasteiger partial charge in [0.05, 0.1) is 10.9 Å². The molecule has 1 aliphatic rings. The quantitative estimate of drug-likeness (QED) is 0.424. The second kappa shape index (κ2) is 4.74. The number of thiophene rings is 1. The molecular formula is C20H13N4S+. The number of para-hydroxylation sites is 1. The van der Waals surface area contributed by atoms with Gasteiger partial charge in [-0.15, -0.1) is 0 Å². The van der Waals surface area contributed by atoms with Crippen molar-refractivity contribution in [3.05, 3.63) is 72.8 Å². The number of hydrogen-bond donors (Lipinski definition) is 0. The molecule has 118 valence electrons. The average molecular weight is 341 g/mol. The summed E-state index contributed by atoms with van der Waals surface area (Å²) in [5.74, 6) is 1.21. The molecule has 0 saturated heterocycles. The van der Waals surface area contributed by atoms with Crippen molar-refractivity contribution in [3.8, 4) is 17.1 Å². The molecule has 0 saturated carbocycles. The van der Waals surface area contributed by atoms with Crippen molar-refractivity contribution in [1.82, 2.24) is 14.5 Å². The van der Waals surface area contributed by atoms with E-state index in [0.717, 1.165) is 6.54 Å². The zero-order valence-electron chi connectivity index (χ0n) is 13.3. The second-order valence-electron chi connectivity index (χ2n) is 6.24. The fraction of sp³-hybridized carbons (Fsp3) is 0.0500. The molecular weight excluding hydrogens is 328 g/mol. The third-order valence-corrected chi connectivity index (χ3v) is 6.06. The lowest BCUT2D eigenvalue weighted by atomic mass is 10.1. The first-order chi connectivity index (χ1) is 12.4. The highest BCUT2D eigenvalue weighted by Gasteiger charge is 2.37. The number of nitrogens with zero attached hydrogens (tertiary/aromatic N) is 4. The van der Waals surface area contributed by atoms with E-state index in [4.69, 9.17) is 0 Å². The molecule has 0 fully saturated rings. The van der Waals surface area contributed by atoms with E-state index in [1.54, 1.807) is 0 Å². The Morgan fingerprint density at radius 2 is 1.80 bits per heavy atom. The molecule has 1 aromatic carbocycles. The van der Waals surface area contributed by atoms with Crippen molar-refractivity contribution >= 4 is 31.8 Å². The number of benzene rings is 1. The molecule has 0 unspecified atom stereocenters. The Bertz CT molecular complexity index is 1270. The molecule has 5 aromatic rings. The Hall–Kier alpha value is -3.05. The number of hydrogen-bond acceptors (Lipinski definition) is 3. The molecule has 6 rings (SSSR count). The molecule has 0 atom stereocenters. The van der Waals surface area contributed by atoms with Crippen LogP contribution in [0.4, 0.5) is 0 Å². The summed E-state index contributed by atoms with van der Waals surface area (Å²) < 4.78 is 6.05. The summed E-state index contributed by atoms with van der Waals surface area (Å²) in [5, 5.41) is 1.21. The third kappa shape index (κ3) is 1.68. The van der Waals surface area contributed by atoms with Crippen molar-refractivity contribution in [2.24, 2.45) is 0 Å². The predicted octanol–water partition coefficient (Wildman–Crippen LogP) is 3.95. The van der Waals surface area contributed by atoms with Crippen LogP contribution in [0, 0.1) is 0 Å². The Labute approximate surface area is 147 Å². The van der Waals surface area contributed by atoms with Crippen LogP contribution in [0.5, 0.6) is 0 Å². The standard InChI is InChI=1S/C20H13N4S/c1-2-4-14(5-3-1)24-18-16-11-22-9-7-17(16)25-20(18)23-12-13-6-8-21-10-15(13)19(23)24/h1-11H,12H2/q+1. The minimum Gasteiger partial charge on any atom is -0.264 e. The maximum atomic E-state index is 4.37. The topological polar surface area (TPSA) is 34.6 Å². The van der Waals surface area contributed by atoms with Crippen molar-refractivity contribution < 1.29 is 4.57 Å². The van der Waals surface area contributed by atoms with Crippen molar-refractivity contribution in [2.75, 3.05) is 0 Å². The average Bonchev–Trinajstić information content (AvgIpc) is 3.30. The minimum absolute atomic E-state index is 0.893. The highest BCUT2D eigenvalue weighted by molar-refractivity contribution is 7.25. The molecule has 4 aromatic heterocycles. The smallest absolute Gasteiger partial charge is 0.264 e. The first-order valence-corrected chi connectivity index (χ1v) is 9.03.